The predicted octanol–water partition coefficient (Wildman–Crippen LogP) is 4.00. The van der Waals surface area contributed by atoms with Crippen molar-refractivity contribution in [3.63, 3.8) is 0 Å². The fourth-order valence-electron chi connectivity index (χ4n) is 3.23. The molecule has 148 valence electrons. The lowest BCUT2D eigenvalue weighted by atomic mass is 10.1. The number of ketones is 1. The molecule has 2 heterocycles. The molecule has 7 nitrogen and oxygen atoms in total. The first-order valence-corrected chi connectivity index (χ1v) is 9.59. The van der Waals surface area contributed by atoms with E-state index in [4.69, 9.17) is 4.74 Å². The molecule has 0 radical (unpaired) electrons. The van der Waals surface area contributed by atoms with E-state index in [1.165, 1.54) is 0 Å². The summed E-state index contributed by atoms with van der Waals surface area (Å²) in [6, 6.07) is 17.3. The smallest absolute Gasteiger partial charge is 0.229 e. The number of para-hydroxylation sites is 2. The van der Waals surface area contributed by atoms with Gasteiger partial charge in [0, 0.05) is 30.5 Å². The molecule has 0 unspecified atom stereocenters. The molecule has 1 aromatic heterocycles. The van der Waals surface area contributed by atoms with Crippen LogP contribution in [0, 0.1) is 0 Å². The lowest BCUT2D eigenvalue weighted by Crippen LogP contribution is -2.36. The molecule has 2 N–H and O–H groups in total. The molecular weight excluding hydrogens is 366 g/mol. The van der Waals surface area contributed by atoms with Crippen molar-refractivity contribution in [2.75, 3.05) is 41.8 Å². The van der Waals surface area contributed by atoms with Crippen LogP contribution in [0.4, 0.5) is 28.8 Å². The van der Waals surface area contributed by atoms with Crippen LogP contribution in [0.25, 0.3) is 0 Å². The van der Waals surface area contributed by atoms with Crippen LogP contribution in [0.3, 0.4) is 0 Å². The van der Waals surface area contributed by atoms with Crippen molar-refractivity contribution < 1.29 is 9.53 Å². The zero-order chi connectivity index (χ0) is 20.1. The molecule has 0 atom stereocenters. The number of Topliss-reactive ketones (excluding diaryl/α,β-unsaturated/α-hetero) is 1. The highest BCUT2D eigenvalue weighted by Gasteiger charge is 2.15. The second-order valence-corrected chi connectivity index (χ2v) is 6.77. The van der Waals surface area contributed by atoms with Gasteiger partial charge in [-0.3, -0.25) is 4.79 Å². The standard InChI is InChI=1S/C22H23N5O2/c1-16(28)17-5-4-6-18(15-17)24-22-23-10-9-21(26-22)25-19-7-2-3-8-20(19)27-11-13-29-14-12-27/h2-10,15H,11-14H2,1H3,(H2,23,24,25,26). The van der Waals surface area contributed by atoms with Crippen LogP contribution in [-0.4, -0.2) is 42.1 Å². The number of nitrogens with zero attached hydrogens (tertiary/aromatic N) is 3. The summed E-state index contributed by atoms with van der Waals surface area (Å²) in [5.74, 6) is 1.16. The molecule has 1 saturated heterocycles. The van der Waals surface area contributed by atoms with Gasteiger partial charge in [-0.2, -0.15) is 4.98 Å². The summed E-state index contributed by atoms with van der Waals surface area (Å²) in [4.78, 5) is 22.7. The van der Waals surface area contributed by atoms with Crippen molar-refractivity contribution in [2.45, 2.75) is 6.92 Å². The number of anilines is 5. The van der Waals surface area contributed by atoms with E-state index >= 15 is 0 Å². The Morgan fingerprint density at radius 2 is 1.86 bits per heavy atom. The molecule has 4 rings (SSSR count). The third-order valence-electron chi connectivity index (χ3n) is 4.70. The summed E-state index contributed by atoms with van der Waals surface area (Å²) in [5.41, 5.74) is 3.52. The summed E-state index contributed by atoms with van der Waals surface area (Å²) in [7, 11) is 0. The number of carbonyl (C=O) groups is 1. The Balaban J connectivity index is 1.53. The van der Waals surface area contributed by atoms with Crippen molar-refractivity contribution in [3.05, 3.63) is 66.4 Å². The molecule has 0 spiro atoms. The Morgan fingerprint density at radius 1 is 1.03 bits per heavy atom. The molecule has 0 aliphatic carbocycles. The zero-order valence-electron chi connectivity index (χ0n) is 16.3. The van der Waals surface area contributed by atoms with Gasteiger partial charge in [-0.05, 0) is 37.3 Å². The van der Waals surface area contributed by atoms with E-state index < -0.39 is 0 Å². The molecule has 1 aliphatic heterocycles. The molecule has 3 aromatic rings. The number of morpholine rings is 1. The molecule has 29 heavy (non-hydrogen) atoms. The van der Waals surface area contributed by atoms with Crippen molar-refractivity contribution >= 4 is 34.6 Å². The largest absolute Gasteiger partial charge is 0.378 e. The van der Waals surface area contributed by atoms with Crippen LogP contribution in [0.15, 0.2) is 60.8 Å². The van der Waals surface area contributed by atoms with Crippen LogP contribution in [0.2, 0.25) is 0 Å². The first-order valence-electron chi connectivity index (χ1n) is 9.59. The highest BCUT2D eigenvalue weighted by Crippen LogP contribution is 2.29. The summed E-state index contributed by atoms with van der Waals surface area (Å²) in [6.45, 7) is 4.74. The topological polar surface area (TPSA) is 79.4 Å². The van der Waals surface area contributed by atoms with E-state index in [1.807, 2.05) is 36.4 Å². The summed E-state index contributed by atoms with van der Waals surface area (Å²) in [6.07, 6.45) is 1.70. The van der Waals surface area contributed by atoms with Crippen LogP contribution in [0.5, 0.6) is 0 Å². The lowest BCUT2D eigenvalue weighted by Gasteiger charge is -2.30. The van der Waals surface area contributed by atoms with E-state index in [0.29, 0.717) is 17.3 Å². The monoisotopic (exact) mass is 389 g/mol. The third kappa shape index (κ3) is 4.70. The number of ether oxygens (including phenoxy) is 1. The Labute approximate surface area is 169 Å². The number of aromatic nitrogens is 2. The van der Waals surface area contributed by atoms with Gasteiger partial charge in [-0.1, -0.05) is 24.3 Å². The van der Waals surface area contributed by atoms with Crippen molar-refractivity contribution in [1.82, 2.24) is 9.97 Å². The molecule has 0 bridgehead atoms. The van der Waals surface area contributed by atoms with Crippen molar-refractivity contribution in [2.24, 2.45) is 0 Å². The van der Waals surface area contributed by atoms with E-state index in [1.54, 1.807) is 25.3 Å². The molecule has 0 amide bonds. The number of nitrogens with one attached hydrogen (secondary N) is 2. The molecule has 1 aliphatic rings. The fourth-order valence-corrected chi connectivity index (χ4v) is 3.23. The minimum Gasteiger partial charge on any atom is -0.378 e. The third-order valence-corrected chi connectivity index (χ3v) is 4.70. The van der Waals surface area contributed by atoms with Crippen LogP contribution < -0.4 is 15.5 Å². The quantitative estimate of drug-likeness (QED) is 0.617. The fraction of sp³-hybridized carbons (Fsp3) is 0.227. The molecule has 2 aromatic carbocycles. The van der Waals surface area contributed by atoms with Crippen LogP contribution >= 0.6 is 0 Å². The van der Waals surface area contributed by atoms with Crippen molar-refractivity contribution in [3.8, 4) is 0 Å². The Morgan fingerprint density at radius 3 is 2.69 bits per heavy atom. The Hall–Kier alpha value is -3.45. The zero-order valence-corrected chi connectivity index (χ0v) is 16.3. The molecule has 7 heteroatoms. The van der Waals surface area contributed by atoms with Gasteiger partial charge in [0.05, 0.1) is 24.6 Å². The van der Waals surface area contributed by atoms with Gasteiger partial charge in [0.25, 0.3) is 0 Å². The minimum atomic E-state index is 0.0182. The summed E-state index contributed by atoms with van der Waals surface area (Å²) < 4.78 is 5.46. The average molecular weight is 389 g/mol. The number of hydrogen-bond acceptors (Lipinski definition) is 7. The van der Waals surface area contributed by atoms with Crippen LogP contribution in [0.1, 0.15) is 17.3 Å². The first-order chi connectivity index (χ1) is 14.2. The van der Waals surface area contributed by atoms with E-state index in [0.717, 1.165) is 43.4 Å². The summed E-state index contributed by atoms with van der Waals surface area (Å²) >= 11 is 0. The minimum absolute atomic E-state index is 0.0182. The second-order valence-electron chi connectivity index (χ2n) is 6.77. The van der Waals surface area contributed by atoms with Gasteiger partial charge in [0.1, 0.15) is 5.82 Å². The number of benzene rings is 2. The molecule has 0 saturated carbocycles. The van der Waals surface area contributed by atoms with Gasteiger partial charge < -0.3 is 20.3 Å². The van der Waals surface area contributed by atoms with Gasteiger partial charge in [0.15, 0.2) is 5.78 Å². The average Bonchev–Trinajstić information content (AvgIpc) is 2.75. The summed E-state index contributed by atoms with van der Waals surface area (Å²) in [5, 5.41) is 6.56. The van der Waals surface area contributed by atoms with Gasteiger partial charge in [-0.25, -0.2) is 4.98 Å². The number of carbonyl (C=O) groups excluding carboxylic acids is 1. The Kier molecular flexibility index (Phi) is 5.67. The number of hydrogen-bond donors (Lipinski definition) is 2. The maximum atomic E-state index is 11.6. The SMILES string of the molecule is CC(=O)c1cccc(Nc2nccc(Nc3ccccc3N3CCOCC3)n2)c1. The predicted molar refractivity (Wildman–Crippen MR) is 115 cm³/mol. The Bertz CT molecular complexity index is 1000. The van der Waals surface area contributed by atoms with Gasteiger partial charge >= 0.3 is 0 Å². The highest BCUT2D eigenvalue weighted by molar-refractivity contribution is 5.95. The molecule has 1 fully saturated rings. The highest BCUT2D eigenvalue weighted by atomic mass is 16.5. The van der Waals surface area contributed by atoms with E-state index in [2.05, 4.69) is 31.6 Å². The van der Waals surface area contributed by atoms with E-state index in [9.17, 15) is 4.79 Å². The van der Waals surface area contributed by atoms with Gasteiger partial charge in [-0.15, -0.1) is 0 Å². The van der Waals surface area contributed by atoms with Crippen LogP contribution in [-0.2, 0) is 4.74 Å². The second kappa shape index (κ2) is 8.70. The maximum absolute atomic E-state index is 11.6. The van der Waals surface area contributed by atoms with Crippen molar-refractivity contribution in [1.29, 1.82) is 0 Å². The lowest BCUT2D eigenvalue weighted by molar-refractivity contribution is 0.101. The first kappa shape index (κ1) is 18.9. The van der Waals surface area contributed by atoms with E-state index in [-0.39, 0.29) is 5.78 Å². The number of rotatable bonds is 6. The molecular formula is C22H23N5O2. The van der Waals surface area contributed by atoms with Gasteiger partial charge in [0.2, 0.25) is 5.95 Å². The normalized spacial score (nSPS) is 13.8. The maximum Gasteiger partial charge on any atom is 0.229 e.